The number of nitrogens with one attached hydrogen (secondary N) is 2. The van der Waals surface area contributed by atoms with Gasteiger partial charge in [-0.05, 0) is 37.1 Å². The van der Waals surface area contributed by atoms with E-state index in [1.165, 1.54) is 0 Å². The van der Waals surface area contributed by atoms with Gasteiger partial charge >= 0.3 is 12.1 Å². The SMILES string of the molecule is Cc1nn(C)c(-c2ccc(C(=O)NC(Cc3ccccc3)C(=O)O)cc2)c1NC(=O)OC(C)c1ccccc1. The third kappa shape index (κ3) is 6.70. The number of hydrogen-bond acceptors (Lipinski definition) is 5. The second-order valence-corrected chi connectivity index (χ2v) is 9.15. The van der Waals surface area contributed by atoms with E-state index in [2.05, 4.69) is 15.7 Å². The van der Waals surface area contributed by atoms with E-state index in [1.807, 2.05) is 60.7 Å². The Morgan fingerprint density at radius 2 is 1.56 bits per heavy atom. The van der Waals surface area contributed by atoms with E-state index in [4.69, 9.17) is 4.74 Å². The molecule has 4 aromatic rings. The van der Waals surface area contributed by atoms with Crippen molar-refractivity contribution in [3.63, 3.8) is 0 Å². The zero-order valence-corrected chi connectivity index (χ0v) is 21.9. The highest BCUT2D eigenvalue weighted by molar-refractivity contribution is 5.97. The number of anilines is 1. The molecule has 0 fully saturated rings. The third-order valence-electron chi connectivity index (χ3n) is 6.31. The zero-order valence-electron chi connectivity index (χ0n) is 21.9. The normalized spacial score (nSPS) is 12.3. The first kappa shape index (κ1) is 27.1. The highest BCUT2D eigenvalue weighted by Crippen LogP contribution is 2.31. The van der Waals surface area contributed by atoms with Crippen LogP contribution < -0.4 is 10.6 Å². The molecule has 3 N–H and O–H groups in total. The average molecular weight is 527 g/mol. The minimum absolute atomic E-state index is 0.169. The van der Waals surface area contributed by atoms with Crippen molar-refractivity contribution in [3.05, 3.63) is 107 Å². The van der Waals surface area contributed by atoms with E-state index < -0.39 is 30.1 Å². The minimum atomic E-state index is -1.11. The Balaban J connectivity index is 1.47. The van der Waals surface area contributed by atoms with Crippen molar-refractivity contribution < 1.29 is 24.2 Å². The predicted molar refractivity (Wildman–Crippen MR) is 147 cm³/mol. The smallest absolute Gasteiger partial charge is 0.412 e. The van der Waals surface area contributed by atoms with Crippen LogP contribution in [0, 0.1) is 6.92 Å². The largest absolute Gasteiger partial charge is 0.480 e. The number of rotatable bonds is 9. The Labute approximate surface area is 226 Å². The van der Waals surface area contributed by atoms with Crippen LogP contribution in [0.15, 0.2) is 84.9 Å². The summed E-state index contributed by atoms with van der Waals surface area (Å²) >= 11 is 0. The Bertz CT molecular complexity index is 1450. The molecule has 9 heteroatoms. The zero-order chi connectivity index (χ0) is 27.9. The van der Waals surface area contributed by atoms with E-state index in [9.17, 15) is 19.5 Å². The predicted octanol–water partition coefficient (Wildman–Crippen LogP) is 5.13. The maximum atomic E-state index is 12.8. The van der Waals surface area contributed by atoms with Crippen LogP contribution in [0.25, 0.3) is 11.3 Å². The number of carbonyl (C=O) groups excluding carboxylic acids is 2. The summed E-state index contributed by atoms with van der Waals surface area (Å²) in [6.07, 6.45) is -0.888. The van der Waals surface area contributed by atoms with Crippen LogP contribution in [0.4, 0.5) is 10.5 Å². The molecule has 0 saturated carbocycles. The fourth-order valence-corrected chi connectivity index (χ4v) is 4.29. The average Bonchev–Trinajstić information content (AvgIpc) is 3.21. The van der Waals surface area contributed by atoms with Crippen molar-refractivity contribution in [3.8, 4) is 11.3 Å². The van der Waals surface area contributed by atoms with Gasteiger partial charge in [0, 0.05) is 24.6 Å². The number of benzene rings is 3. The van der Waals surface area contributed by atoms with Crippen molar-refractivity contribution in [2.45, 2.75) is 32.4 Å². The van der Waals surface area contributed by atoms with Gasteiger partial charge in [-0.3, -0.25) is 14.8 Å². The standard InChI is InChI=1S/C30H30N4O5/c1-19-26(32-30(38)39-20(2)22-12-8-5-9-13-22)27(34(3)33-19)23-14-16-24(17-15-23)28(35)31-25(29(36)37)18-21-10-6-4-7-11-21/h4-17,20,25H,18H2,1-3H3,(H,31,35)(H,32,38)(H,36,37). The van der Waals surface area contributed by atoms with Gasteiger partial charge in [-0.15, -0.1) is 0 Å². The van der Waals surface area contributed by atoms with Crippen LogP contribution in [0.2, 0.25) is 0 Å². The summed E-state index contributed by atoms with van der Waals surface area (Å²) in [4.78, 5) is 37.3. The first-order chi connectivity index (χ1) is 18.7. The van der Waals surface area contributed by atoms with E-state index in [0.29, 0.717) is 28.2 Å². The third-order valence-corrected chi connectivity index (χ3v) is 6.31. The molecular weight excluding hydrogens is 496 g/mol. The number of aromatic nitrogens is 2. The molecular formula is C30H30N4O5. The maximum absolute atomic E-state index is 12.8. The summed E-state index contributed by atoms with van der Waals surface area (Å²) in [5, 5.41) is 19.4. The van der Waals surface area contributed by atoms with E-state index in [1.54, 1.807) is 49.8 Å². The molecule has 3 aromatic carbocycles. The number of carbonyl (C=O) groups is 3. The van der Waals surface area contributed by atoms with Gasteiger partial charge < -0.3 is 15.2 Å². The maximum Gasteiger partial charge on any atom is 0.412 e. The molecule has 0 bridgehead atoms. The lowest BCUT2D eigenvalue weighted by molar-refractivity contribution is -0.139. The number of hydrogen-bond donors (Lipinski definition) is 3. The molecule has 0 radical (unpaired) electrons. The Hall–Kier alpha value is -4.92. The van der Waals surface area contributed by atoms with Gasteiger partial charge in [0.2, 0.25) is 0 Å². The molecule has 39 heavy (non-hydrogen) atoms. The Kier molecular flexibility index (Phi) is 8.40. The van der Waals surface area contributed by atoms with Gasteiger partial charge in [0.25, 0.3) is 5.91 Å². The van der Waals surface area contributed by atoms with Gasteiger partial charge in [0.1, 0.15) is 12.1 Å². The van der Waals surface area contributed by atoms with Crippen LogP contribution in [-0.2, 0) is 23.0 Å². The lowest BCUT2D eigenvalue weighted by Gasteiger charge is -2.16. The van der Waals surface area contributed by atoms with Crippen molar-refractivity contribution in [1.82, 2.24) is 15.1 Å². The molecule has 200 valence electrons. The molecule has 2 atom stereocenters. The summed E-state index contributed by atoms with van der Waals surface area (Å²) in [6.45, 7) is 3.57. The monoisotopic (exact) mass is 526 g/mol. The number of nitrogens with zero attached hydrogens (tertiary/aromatic N) is 2. The number of aliphatic carboxylic acids is 1. The number of amides is 2. The molecule has 0 aliphatic rings. The molecule has 1 heterocycles. The summed E-state index contributed by atoms with van der Waals surface area (Å²) in [5.41, 5.74) is 4.43. The summed E-state index contributed by atoms with van der Waals surface area (Å²) in [7, 11) is 1.76. The van der Waals surface area contributed by atoms with E-state index in [-0.39, 0.29) is 6.42 Å². The van der Waals surface area contributed by atoms with Gasteiger partial charge in [-0.2, -0.15) is 5.10 Å². The lowest BCUT2D eigenvalue weighted by Crippen LogP contribution is -2.42. The van der Waals surface area contributed by atoms with Gasteiger partial charge in [0.05, 0.1) is 17.1 Å². The second kappa shape index (κ2) is 12.1. The fourth-order valence-electron chi connectivity index (χ4n) is 4.29. The molecule has 4 rings (SSSR count). The van der Waals surface area contributed by atoms with Crippen LogP contribution in [-0.4, -0.2) is 38.9 Å². The molecule has 0 saturated heterocycles. The van der Waals surface area contributed by atoms with Crippen molar-refractivity contribution >= 4 is 23.7 Å². The summed E-state index contributed by atoms with van der Waals surface area (Å²) in [6, 6.07) is 24.1. The lowest BCUT2D eigenvalue weighted by atomic mass is 10.0. The number of carboxylic acids is 1. The number of aryl methyl sites for hydroxylation is 2. The Morgan fingerprint density at radius 1 is 0.949 bits per heavy atom. The van der Waals surface area contributed by atoms with Gasteiger partial charge in [-0.25, -0.2) is 9.59 Å². The quantitative estimate of drug-likeness (QED) is 0.278. The van der Waals surface area contributed by atoms with Gasteiger partial charge in [-0.1, -0.05) is 72.8 Å². The second-order valence-electron chi connectivity index (χ2n) is 9.15. The van der Waals surface area contributed by atoms with Crippen LogP contribution in [0.1, 0.15) is 40.2 Å². The Morgan fingerprint density at radius 3 is 2.18 bits per heavy atom. The topological polar surface area (TPSA) is 123 Å². The van der Waals surface area contributed by atoms with Crippen molar-refractivity contribution in [2.75, 3.05) is 5.32 Å². The highest BCUT2D eigenvalue weighted by Gasteiger charge is 2.23. The number of ether oxygens (including phenoxy) is 1. The summed E-state index contributed by atoms with van der Waals surface area (Å²) < 4.78 is 7.20. The first-order valence-electron chi connectivity index (χ1n) is 12.5. The molecule has 0 aliphatic heterocycles. The molecule has 1 aromatic heterocycles. The first-order valence-corrected chi connectivity index (χ1v) is 12.5. The van der Waals surface area contributed by atoms with Crippen LogP contribution in [0.3, 0.4) is 0 Å². The van der Waals surface area contributed by atoms with Crippen LogP contribution >= 0.6 is 0 Å². The molecule has 9 nitrogen and oxygen atoms in total. The molecule has 2 amide bonds. The van der Waals surface area contributed by atoms with Crippen molar-refractivity contribution in [1.29, 1.82) is 0 Å². The van der Waals surface area contributed by atoms with Crippen molar-refractivity contribution in [2.24, 2.45) is 7.05 Å². The van der Waals surface area contributed by atoms with Crippen LogP contribution in [0.5, 0.6) is 0 Å². The van der Waals surface area contributed by atoms with E-state index >= 15 is 0 Å². The summed E-state index contributed by atoms with van der Waals surface area (Å²) in [5.74, 6) is -1.61. The van der Waals surface area contributed by atoms with Gasteiger partial charge in [0.15, 0.2) is 0 Å². The molecule has 0 aliphatic carbocycles. The highest BCUT2D eigenvalue weighted by atomic mass is 16.6. The molecule has 0 spiro atoms. The number of carboxylic acid groups (broad SMARTS) is 1. The fraction of sp³-hybridized carbons (Fsp3) is 0.200. The molecule has 2 unspecified atom stereocenters. The van der Waals surface area contributed by atoms with E-state index in [0.717, 1.165) is 11.1 Å². The minimum Gasteiger partial charge on any atom is -0.480 e.